The minimum atomic E-state index is -4.52. The van der Waals surface area contributed by atoms with Gasteiger partial charge in [0.25, 0.3) is 0 Å². The fourth-order valence-electron chi connectivity index (χ4n) is 4.74. The summed E-state index contributed by atoms with van der Waals surface area (Å²) in [5, 5.41) is 15.7. The lowest BCUT2D eigenvalue weighted by Gasteiger charge is -2.25. The summed E-state index contributed by atoms with van der Waals surface area (Å²) in [5.41, 5.74) is -1.18. The predicted molar refractivity (Wildman–Crippen MR) is 157 cm³/mol. The van der Waals surface area contributed by atoms with E-state index >= 15 is 8.78 Å². The SMILES string of the molecule is CC(C)OC(=O)[C@H](C)NP(=O)(OC[C@H]1OC(n2ccc(NC(=O)[C@@H]3CCCN3C)nc2=O)C(F)(F)[C@@H]1O)Oc1ccc(Cl)cc1. The lowest BCUT2D eigenvalue weighted by Crippen LogP contribution is -2.42. The number of halogens is 3. The van der Waals surface area contributed by atoms with Gasteiger partial charge in [0.1, 0.15) is 23.7 Å². The van der Waals surface area contributed by atoms with Gasteiger partial charge in [-0.2, -0.15) is 18.9 Å². The van der Waals surface area contributed by atoms with Gasteiger partial charge in [-0.15, -0.1) is 0 Å². The summed E-state index contributed by atoms with van der Waals surface area (Å²) in [6.45, 7) is 4.37. The Morgan fingerprint density at radius 2 is 1.93 bits per heavy atom. The Balaban J connectivity index is 1.48. The van der Waals surface area contributed by atoms with E-state index in [4.69, 9.17) is 30.1 Å². The molecular formula is C27H35ClF2N5O9P. The van der Waals surface area contributed by atoms with Crippen molar-refractivity contribution in [3.63, 3.8) is 0 Å². The van der Waals surface area contributed by atoms with Crippen molar-refractivity contribution in [3.05, 3.63) is 52.0 Å². The molecule has 2 fully saturated rings. The van der Waals surface area contributed by atoms with Crippen molar-refractivity contribution in [2.75, 3.05) is 25.5 Å². The maximum Gasteiger partial charge on any atom is 0.459 e. The number of likely N-dealkylation sites (N-methyl/N-ethyl adjacent to an activating group) is 1. The van der Waals surface area contributed by atoms with Crippen molar-refractivity contribution in [2.24, 2.45) is 0 Å². The molecule has 1 aromatic carbocycles. The van der Waals surface area contributed by atoms with E-state index in [1.165, 1.54) is 31.2 Å². The lowest BCUT2D eigenvalue weighted by molar-refractivity contribution is -0.149. The van der Waals surface area contributed by atoms with Gasteiger partial charge in [-0.25, -0.2) is 9.36 Å². The molecular weight excluding hydrogens is 643 g/mol. The van der Waals surface area contributed by atoms with Crippen LogP contribution in [0, 0.1) is 0 Å². The second-order valence-electron chi connectivity index (χ2n) is 11.0. The maximum atomic E-state index is 15.2. The number of alkyl halides is 2. The average Bonchev–Trinajstić information content (AvgIpc) is 3.48. The number of carbonyl (C=O) groups is 2. The molecule has 3 N–H and O–H groups in total. The van der Waals surface area contributed by atoms with Crippen LogP contribution in [0.15, 0.2) is 41.3 Å². The quantitative estimate of drug-likeness (QED) is 0.222. The highest BCUT2D eigenvalue weighted by molar-refractivity contribution is 7.52. The van der Waals surface area contributed by atoms with Gasteiger partial charge in [-0.1, -0.05) is 11.6 Å². The number of esters is 1. The Kier molecular flexibility index (Phi) is 11.0. The van der Waals surface area contributed by atoms with Gasteiger partial charge in [-0.3, -0.25) is 23.6 Å². The van der Waals surface area contributed by atoms with Gasteiger partial charge in [-0.05, 0) is 77.5 Å². The molecule has 0 spiro atoms. The summed E-state index contributed by atoms with van der Waals surface area (Å²) < 4.78 is 65.9. The van der Waals surface area contributed by atoms with E-state index in [9.17, 15) is 24.1 Å². The number of aromatic nitrogens is 2. The topological polar surface area (TPSA) is 171 Å². The van der Waals surface area contributed by atoms with E-state index in [1.807, 2.05) is 4.90 Å². The summed E-state index contributed by atoms with van der Waals surface area (Å²) in [6, 6.07) is 5.10. The number of amides is 1. The number of nitrogens with zero attached hydrogens (tertiary/aromatic N) is 3. The van der Waals surface area contributed by atoms with Crippen LogP contribution in [0.2, 0.25) is 5.02 Å². The van der Waals surface area contributed by atoms with Crippen molar-refractivity contribution in [1.82, 2.24) is 19.5 Å². The monoisotopic (exact) mass is 677 g/mol. The number of likely N-dealkylation sites (tertiary alicyclic amines) is 1. The zero-order chi connectivity index (χ0) is 33.1. The van der Waals surface area contributed by atoms with Crippen molar-refractivity contribution >= 4 is 37.0 Å². The fourth-order valence-corrected chi connectivity index (χ4v) is 6.37. The highest BCUT2D eigenvalue weighted by Gasteiger charge is 2.60. The Morgan fingerprint density at radius 1 is 1.24 bits per heavy atom. The first-order valence-electron chi connectivity index (χ1n) is 14.1. The van der Waals surface area contributed by atoms with Gasteiger partial charge >= 0.3 is 25.3 Å². The molecule has 1 aromatic heterocycles. The zero-order valence-electron chi connectivity index (χ0n) is 24.9. The highest BCUT2D eigenvalue weighted by atomic mass is 35.5. The maximum absolute atomic E-state index is 15.2. The Bertz CT molecular complexity index is 1480. The van der Waals surface area contributed by atoms with Crippen LogP contribution in [0.25, 0.3) is 0 Å². The van der Waals surface area contributed by atoms with Crippen LogP contribution >= 0.6 is 19.3 Å². The molecule has 0 aliphatic carbocycles. The van der Waals surface area contributed by atoms with Gasteiger partial charge in [0.05, 0.1) is 18.8 Å². The van der Waals surface area contributed by atoms with Gasteiger partial charge in [0, 0.05) is 11.2 Å². The van der Waals surface area contributed by atoms with E-state index in [-0.39, 0.29) is 17.5 Å². The van der Waals surface area contributed by atoms with Gasteiger partial charge in [0.2, 0.25) is 12.1 Å². The number of nitrogens with one attached hydrogen (secondary N) is 2. The first-order chi connectivity index (χ1) is 21.1. The van der Waals surface area contributed by atoms with Crippen LogP contribution in [0.4, 0.5) is 14.6 Å². The van der Waals surface area contributed by atoms with Crippen molar-refractivity contribution in [2.45, 2.75) is 76.2 Å². The second-order valence-corrected chi connectivity index (χ2v) is 13.1. The molecule has 2 aliphatic heterocycles. The molecule has 0 radical (unpaired) electrons. The Hall–Kier alpha value is -2.98. The minimum Gasteiger partial charge on any atom is -0.462 e. The van der Waals surface area contributed by atoms with Crippen LogP contribution in [0.1, 0.15) is 39.8 Å². The van der Waals surface area contributed by atoms with Crippen molar-refractivity contribution in [3.8, 4) is 5.75 Å². The van der Waals surface area contributed by atoms with E-state index in [0.29, 0.717) is 16.0 Å². The first kappa shape index (κ1) is 34.9. The lowest BCUT2D eigenvalue weighted by atomic mass is 10.1. The van der Waals surface area contributed by atoms with Crippen LogP contribution in [-0.2, 0) is 28.2 Å². The summed E-state index contributed by atoms with van der Waals surface area (Å²) in [4.78, 5) is 43.2. The molecule has 2 unspecified atom stereocenters. The van der Waals surface area contributed by atoms with E-state index in [0.717, 1.165) is 25.2 Å². The standard InChI is InChI=1S/C27H35ClF2N5O9P/c1-15(2)42-24(38)16(3)33-45(40,44-18-9-7-17(28)8-10-18)41-14-20-22(36)27(29,30)25(43-20)35-13-11-21(32-26(35)39)31-23(37)19-6-5-12-34(19)4/h7-11,13,15-16,19-20,22,25,36H,5-6,12,14H2,1-4H3,(H,33,40)(H,31,32,37,39)/t16-,19-,20+,22+,25?,45?/m0/s1. The molecule has 14 nitrogen and oxygen atoms in total. The first-order valence-corrected chi connectivity index (χ1v) is 16.0. The highest BCUT2D eigenvalue weighted by Crippen LogP contribution is 2.48. The van der Waals surface area contributed by atoms with Gasteiger partial charge in [0.15, 0.2) is 6.10 Å². The molecule has 45 heavy (non-hydrogen) atoms. The molecule has 18 heteroatoms. The molecule has 4 rings (SSSR count). The second kappa shape index (κ2) is 14.2. The molecule has 2 aromatic rings. The number of ether oxygens (including phenoxy) is 2. The molecule has 1 amide bonds. The molecule has 2 saturated heterocycles. The molecule has 248 valence electrons. The molecule has 3 heterocycles. The number of rotatable bonds is 12. The largest absolute Gasteiger partial charge is 0.462 e. The van der Waals surface area contributed by atoms with Crippen LogP contribution in [0.5, 0.6) is 5.75 Å². The Morgan fingerprint density at radius 3 is 2.53 bits per heavy atom. The minimum absolute atomic E-state index is 0.000129. The number of hydrogen-bond acceptors (Lipinski definition) is 11. The van der Waals surface area contributed by atoms with E-state index in [1.54, 1.807) is 20.9 Å². The third kappa shape index (κ3) is 8.44. The number of hydrogen-bond donors (Lipinski definition) is 3. The number of aliphatic hydroxyl groups excluding tert-OH is 1. The van der Waals surface area contributed by atoms with Crippen LogP contribution in [0.3, 0.4) is 0 Å². The average molecular weight is 678 g/mol. The number of benzene rings is 1. The van der Waals surface area contributed by atoms with Crippen molar-refractivity contribution < 1.29 is 46.6 Å². The third-order valence-corrected chi connectivity index (χ3v) is 8.94. The summed E-state index contributed by atoms with van der Waals surface area (Å²) in [6.07, 6.45) is -4.73. The third-order valence-electron chi connectivity index (χ3n) is 7.04. The molecule has 2 aliphatic rings. The number of anilines is 1. The molecule has 0 saturated carbocycles. The van der Waals surface area contributed by atoms with Crippen LogP contribution < -0.4 is 20.6 Å². The Labute approximate surface area is 262 Å². The van der Waals surface area contributed by atoms with Crippen molar-refractivity contribution in [1.29, 1.82) is 0 Å². The molecule has 6 atom stereocenters. The van der Waals surface area contributed by atoms with E-state index < -0.39 is 68.6 Å². The summed E-state index contributed by atoms with van der Waals surface area (Å²) >= 11 is 5.89. The fraction of sp³-hybridized carbons (Fsp3) is 0.556. The number of aliphatic hydroxyl groups is 1. The van der Waals surface area contributed by atoms with Crippen LogP contribution in [-0.4, -0.2) is 88.0 Å². The normalized spacial score (nSPS) is 25.1. The molecule has 0 bridgehead atoms. The summed E-state index contributed by atoms with van der Waals surface area (Å²) in [5.74, 6) is -5.35. The number of carbonyl (C=O) groups excluding carboxylic acids is 2. The predicted octanol–water partition coefficient (Wildman–Crippen LogP) is 2.96. The summed E-state index contributed by atoms with van der Waals surface area (Å²) in [7, 11) is -2.73. The van der Waals surface area contributed by atoms with E-state index in [2.05, 4.69) is 15.4 Å². The zero-order valence-corrected chi connectivity index (χ0v) is 26.5. The smallest absolute Gasteiger partial charge is 0.459 e. The van der Waals surface area contributed by atoms with Gasteiger partial charge < -0.3 is 24.4 Å².